The van der Waals surface area contributed by atoms with Crippen LogP contribution in [0.5, 0.6) is 0 Å². The summed E-state index contributed by atoms with van der Waals surface area (Å²) in [6.45, 7) is 0.356. The summed E-state index contributed by atoms with van der Waals surface area (Å²) in [4.78, 5) is 37.7. The van der Waals surface area contributed by atoms with Gasteiger partial charge in [0.05, 0.1) is 5.56 Å². The number of thioether (sulfide) groups is 1. The zero-order chi connectivity index (χ0) is 15.4. The lowest BCUT2D eigenvalue weighted by Gasteiger charge is -2.17. The number of imide groups is 1. The molecular formula is C14H16N2O4S. The maximum atomic E-state index is 12.3. The Morgan fingerprint density at radius 3 is 2.81 bits per heavy atom. The quantitative estimate of drug-likeness (QED) is 0.641. The Bertz CT molecular complexity index is 576. The van der Waals surface area contributed by atoms with Crippen LogP contribution in [0.4, 0.5) is 10.5 Å². The maximum absolute atomic E-state index is 12.3. The third kappa shape index (κ3) is 3.36. The molecule has 2 rings (SSSR count). The van der Waals surface area contributed by atoms with Gasteiger partial charge in [-0.25, -0.2) is 9.59 Å². The van der Waals surface area contributed by atoms with Crippen molar-refractivity contribution in [3.63, 3.8) is 0 Å². The molecular weight excluding hydrogens is 292 g/mol. The molecule has 0 bridgehead atoms. The molecule has 112 valence electrons. The Morgan fingerprint density at radius 2 is 2.14 bits per heavy atom. The second kappa shape index (κ2) is 6.62. The van der Waals surface area contributed by atoms with Crippen molar-refractivity contribution < 1.29 is 19.5 Å². The lowest BCUT2D eigenvalue weighted by molar-refractivity contribution is -0.124. The van der Waals surface area contributed by atoms with Crippen molar-refractivity contribution in [3.05, 3.63) is 29.8 Å². The largest absolute Gasteiger partial charge is 0.478 e. The molecule has 0 aliphatic carbocycles. The first-order chi connectivity index (χ1) is 10.0. The van der Waals surface area contributed by atoms with E-state index < -0.39 is 5.97 Å². The van der Waals surface area contributed by atoms with E-state index >= 15 is 0 Å². The van der Waals surface area contributed by atoms with Crippen LogP contribution < -0.4 is 4.90 Å². The van der Waals surface area contributed by atoms with Gasteiger partial charge in [-0.3, -0.25) is 14.6 Å². The van der Waals surface area contributed by atoms with Crippen LogP contribution >= 0.6 is 11.8 Å². The van der Waals surface area contributed by atoms with Gasteiger partial charge >= 0.3 is 12.0 Å². The molecule has 7 heteroatoms. The normalized spacial score (nSPS) is 14.9. The molecule has 0 spiro atoms. The highest BCUT2D eigenvalue weighted by Gasteiger charge is 2.36. The number of hydrogen-bond donors (Lipinski definition) is 1. The number of urea groups is 1. The number of carbonyl (C=O) groups excluding carboxylic acids is 2. The highest BCUT2D eigenvalue weighted by Crippen LogP contribution is 2.22. The van der Waals surface area contributed by atoms with Crippen LogP contribution in [0.2, 0.25) is 0 Å². The minimum Gasteiger partial charge on any atom is -0.478 e. The Hall–Kier alpha value is -2.02. The molecule has 1 heterocycles. The van der Waals surface area contributed by atoms with Crippen molar-refractivity contribution >= 4 is 35.4 Å². The monoisotopic (exact) mass is 308 g/mol. The van der Waals surface area contributed by atoms with E-state index in [-0.39, 0.29) is 24.0 Å². The molecule has 1 aliphatic heterocycles. The number of amides is 3. The molecule has 1 aliphatic rings. The first-order valence-corrected chi connectivity index (χ1v) is 7.88. The summed E-state index contributed by atoms with van der Waals surface area (Å²) in [5.74, 6) is -0.431. The summed E-state index contributed by atoms with van der Waals surface area (Å²) in [6, 6.07) is 5.66. The first-order valence-electron chi connectivity index (χ1n) is 6.48. The smallest absolute Gasteiger partial charge is 0.335 e. The van der Waals surface area contributed by atoms with Gasteiger partial charge in [0.25, 0.3) is 5.91 Å². The van der Waals surface area contributed by atoms with Gasteiger partial charge in [0.1, 0.15) is 6.54 Å². The minimum absolute atomic E-state index is 0.0405. The third-order valence-electron chi connectivity index (χ3n) is 3.19. The topological polar surface area (TPSA) is 77.9 Å². The summed E-state index contributed by atoms with van der Waals surface area (Å²) in [5.41, 5.74) is 0.522. The summed E-state index contributed by atoms with van der Waals surface area (Å²) < 4.78 is 0. The number of carbonyl (C=O) groups is 3. The molecule has 0 unspecified atom stereocenters. The van der Waals surface area contributed by atoms with Gasteiger partial charge < -0.3 is 5.11 Å². The number of nitrogens with zero attached hydrogens (tertiary/aromatic N) is 2. The van der Waals surface area contributed by atoms with Crippen molar-refractivity contribution in [2.24, 2.45) is 0 Å². The molecule has 3 amide bonds. The lowest BCUT2D eigenvalue weighted by Crippen LogP contribution is -2.34. The third-order valence-corrected chi connectivity index (χ3v) is 3.89. The fraction of sp³-hybridized carbons (Fsp3) is 0.357. The second-order valence-electron chi connectivity index (χ2n) is 4.62. The van der Waals surface area contributed by atoms with Crippen LogP contribution in [0.15, 0.2) is 24.3 Å². The Balaban J connectivity index is 2.15. The Morgan fingerprint density at radius 1 is 1.38 bits per heavy atom. The fourth-order valence-corrected chi connectivity index (χ4v) is 2.55. The fourth-order valence-electron chi connectivity index (χ4n) is 2.14. The van der Waals surface area contributed by atoms with Gasteiger partial charge in [-0.1, -0.05) is 6.07 Å². The highest BCUT2D eigenvalue weighted by molar-refractivity contribution is 7.98. The highest BCUT2D eigenvalue weighted by atomic mass is 32.2. The number of carboxylic acid groups (broad SMARTS) is 1. The van der Waals surface area contributed by atoms with Gasteiger partial charge in [-0.2, -0.15) is 11.8 Å². The zero-order valence-electron chi connectivity index (χ0n) is 11.6. The number of carboxylic acids is 1. The molecule has 6 nitrogen and oxygen atoms in total. The number of benzene rings is 1. The SMILES string of the molecule is CSCCCN1C(=O)CN(c2cccc(C(=O)O)c2)C1=O. The predicted octanol–water partition coefficient (Wildman–Crippen LogP) is 1.91. The van der Waals surface area contributed by atoms with E-state index in [2.05, 4.69) is 0 Å². The van der Waals surface area contributed by atoms with Gasteiger partial charge in [0, 0.05) is 12.2 Å². The molecule has 1 fully saturated rings. The van der Waals surface area contributed by atoms with Gasteiger partial charge in [-0.15, -0.1) is 0 Å². The van der Waals surface area contributed by atoms with Gasteiger partial charge in [0.15, 0.2) is 0 Å². The zero-order valence-corrected chi connectivity index (χ0v) is 12.4. The second-order valence-corrected chi connectivity index (χ2v) is 5.60. The van der Waals surface area contributed by atoms with E-state index in [0.29, 0.717) is 12.2 Å². The predicted molar refractivity (Wildman–Crippen MR) is 80.9 cm³/mol. The summed E-state index contributed by atoms with van der Waals surface area (Å²) >= 11 is 1.66. The molecule has 0 saturated carbocycles. The number of rotatable bonds is 6. The average Bonchev–Trinajstić information content (AvgIpc) is 2.75. The molecule has 1 aromatic carbocycles. The van der Waals surface area contributed by atoms with Crippen LogP contribution in [-0.2, 0) is 4.79 Å². The van der Waals surface area contributed by atoms with Crippen molar-refractivity contribution in [1.82, 2.24) is 4.90 Å². The summed E-state index contributed by atoms with van der Waals surface area (Å²) in [7, 11) is 0. The van der Waals surface area contributed by atoms with E-state index in [9.17, 15) is 14.4 Å². The first kappa shape index (κ1) is 15.4. The van der Waals surface area contributed by atoms with Crippen molar-refractivity contribution in [3.8, 4) is 0 Å². The number of anilines is 1. The van der Waals surface area contributed by atoms with Crippen LogP contribution in [0, 0.1) is 0 Å². The average molecular weight is 308 g/mol. The van der Waals surface area contributed by atoms with Gasteiger partial charge in [-0.05, 0) is 36.6 Å². The van der Waals surface area contributed by atoms with Crippen molar-refractivity contribution in [2.75, 3.05) is 30.0 Å². The maximum Gasteiger partial charge on any atom is 0.335 e. The molecule has 0 atom stereocenters. The lowest BCUT2D eigenvalue weighted by atomic mass is 10.2. The van der Waals surface area contributed by atoms with E-state index in [1.54, 1.807) is 23.9 Å². The Labute approximate surface area is 126 Å². The molecule has 1 N–H and O–H groups in total. The van der Waals surface area contributed by atoms with Crippen molar-refractivity contribution in [1.29, 1.82) is 0 Å². The number of aromatic carboxylic acids is 1. The summed E-state index contributed by atoms with van der Waals surface area (Å²) in [5, 5.41) is 8.98. The molecule has 0 radical (unpaired) electrons. The van der Waals surface area contributed by atoms with Crippen LogP contribution in [0.1, 0.15) is 16.8 Å². The Kier molecular flexibility index (Phi) is 4.85. The van der Waals surface area contributed by atoms with Crippen LogP contribution in [-0.4, -0.2) is 53.0 Å². The molecule has 1 saturated heterocycles. The van der Waals surface area contributed by atoms with E-state index in [0.717, 1.165) is 12.2 Å². The van der Waals surface area contributed by atoms with E-state index in [1.165, 1.54) is 21.9 Å². The summed E-state index contributed by atoms with van der Waals surface area (Å²) in [6.07, 6.45) is 2.72. The van der Waals surface area contributed by atoms with E-state index in [4.69, 9.17) is 5.11 Å². The number of hydrogen-bond acceptors (Lipinski definition) is 4. The molecule has 1 aromatic rings. The standard InChI is InChI=1S/C14H16N2O4S/c1-21-7-3-6-15-12(17)9-16(14(15)20)11-5-2-4-10(8-11)13(18)19/h2,4-5,8H,3,6-7,9H2,1H3,(H,18,19). The minimum atomic E-state index is -1.06. The molecule has 0 aromatic heterocycles. The van der Waals surface area contributed by atoms with Crippen LogP contribution in [0.25, 0.3) is 0 Å². The van der Waals surface area contributed by atoms with Gasteiger partial charge in [0.2, 0.25) is 0 Å². The van der Waals surface area contributed by atoms with E-state index in [1.807, 2.05) is 6.26 Å². The van der Waals surface area contributed by atoms with Crippen molar-refractivity contribution in [2.45, 2.75) is 6.42 Å². The van der Waals surface area contributed by atoms with Crippen LogP contribution in [0.3, 0.4) is 0 Å². The molecule has 21 heavy (non-hydrogen) atoms.